The monoisotopic (exact) mass is 843 g/mol. The van der Waals surface area contributed by atoms with Crippen molar-refractivity contribution in [3.8, 4) is 0 Å². The van der Waals surface area contributed by atoms with Crippen LogP contribution in [0.4, 0.5) is 0 Å². The van der Waals surface area contributed by atoms with Crippen molar-refractivity contribution < 1.29 is 47.6 Å². The summed E-state index contributed by atoms with van der Waals surface area (Å²) in [5, 5.41) is 19.4. The zero-order chi connectivity index (χ0) is 43.2. The van der Waals surface area contributed by atoms with Crippen molar-refractivity contribution in [2.45, 2.75) is 116 Å². The maximum absolute atomic E-state index is 12.8. The number of carbonyl (C=O) groups excluding carboxylic acids is 4. The van der Waals surface area contributed by atoms with Crippen LogP contribution in [0.5, 0.6) is 0 Å². The van der Waals surface area contributed by atoms with E-state index in [1.807, 2.05) is 13.8 Å². The molecule has 11 heteroatoms. The van der Waals surface area contributed by atoms with E-state index in [4.69, 9.17) is 28.4 Å². The zero-order valence-electron chi connectivity index (χ0n) is 36.1. The maximum atomic E-state index is 12.8. The molecular weight excluding hydrogens is 799 g/mol. The molecule has 0 radical (unpaired) electrons. The molecule has 63 heavy (non-hydrogen) atoms. The first-order valence-corrected chi connectivity index (χ1v) is 22.4. The fourth-order valence-corrected chi connectivity index (χ4v) is 13.5. The molecule has 3 fully saturated rings. The van der Waals surface area contributed by atoms with Gasteiger partial charge < -0.3 is 33.0 Å². The van der Waals surface area contributed by atoms with Gasteiger partial charge in [-0.05, 0) is 119 Å². The first-order valence-electron chi connectivity index (χ1n) is 22.4. The third kappa shape index (κ3) is 4.47. The summed E-state index contributed by atoms with van der Waals surface area (Å²) in [5.74, 6) is -4.16. The van der Waals surface area contributed by atoms with Gasteiger partial charge in [0.15, 0.2) is 17.8 Å². The Morgan fingerprint density at radius 2 is 1.11 bits per heavy atom. The van der Waals surface area contributed by atoms with Gasteiger partial charge in [0.05, 0.1) is 17.6 Å². The van der Waals surface area contributed by atoms with Crippen molar-refractivity contribution in [2.75, 3.05) is 13.2 Å². The van der Waals surface area contributed by atoms with Gasteiger partial charge in [0.25, 0.3) is 0 Å². The molecule has 5 atom stereocenters. The Bertz CT molecular complexity index is 3360. The SMILES string of the molecule is CC.CC(=O)OCC1OC2(OCCn3c4c5cc6c7c8c(cc9ccc%10cc%11c%12c%13c(cc(c3c%13c(c3c8c9c%10c%123)c74)CC5)C%11)C6)CCC1(OC(C)=O)C(OC(C)=O)C2OC(C)=O. The second-order valence-electron chi connectivity index (χ2n) is 18.4. The van der Waals surface area contributed by atoms with Crippen molar-refractivity contribution in [1.29, 1.82) is 0 Å². The van der Waals surface area contributed by atoms with Gasteiger partial charge in [-0.15, -0.1) is 0 Å². The molecule has 3 aliphatic heterocycles. The molecule has 0 spiro atoms. The van der Waals surface area contributed by atoms with E-state index >= 15 is 0 Å². The summed E-state index contributed by atoms with van der Waals surface area (Å²) in [6.45, 7) is 9.30. The normalized spacial score (nSPS) is 24.1. The van der Waals surface area contributed by atoms with E-state index in [2.05, 4.69) is 41.0 Å². The number of pyridine rings is 1. The molecule has 3 aliphatic carbocycles. The lowest BCUT2D eigenvalue weighted by molar-refractivity contribution is -0.416. The van der Waals surface area contributed by atoms with E-state index in [1.54, 1.807) is 0 Å². The summed E-state index contributed by atoms with van der Waals surface area (Å²) in [6, 6.07) is 14.5. The van der Waals surface area contributed by atoms with E-state index in [0.717, 1.165) is 25.7 Å². The number of aromatic nitrogens is 1. The average Bonchev–Trinajstić information content (AvgIpc) is 3.90. The highest BCUT2D eigenvalue weighted by molar-refractivity contribution is 6.55. The number of benzene rings is 7. The molecule has 0 N–H and O–H groups in total. The summed E-state index contributed by atoms with van der Waals surface area (Å²) < 4.78 is 39.4. The predicted octanol–water partition coefficient (Wildman–Crippen LogP) is 9.03. The molecule has 1 saturated carbocycles. The number of rotatable bonds is 9. The number of nitrogens with zero attached hydrogens (tertiary/aromatic N) is 1. The van der Waals surface area contributed by atoms with Gasteiger partial charge in [-0.1, -0.05) is 50.2 Å². The number of esters is 4. The molecule has 4 heterocycles. The second kappa shape index (κ2) is 12.4. The van der Waals surface area contributed by atoms with Gasteiger partial charge in [0, 0.05) is 62.2 Å². The lowest BCUT2D eigenvalue weighted by Gasteiger charge is -2.60. The van der Waals surface area contributed by atoms with Gasteiger partial charge in [-0.25, -0.2) is 0 Å². The van der Waals surface area contributed by atoms with Crippen LogP contribution in [0, 0.1) is 0 Å². The third-order valence-corrected chi connectivity index (χ3v) is 15.2. The van der Waals surface area contributed by atoms with Gasteiger partial charge >= 0.3 is 23.9 Å². The largest absolute Gasteiger partial charge is 0.463 e. The molecule has 11 nitrogen and oxygen atoms in total. The highest BCUT2D eigenvalue weighted by Gasteiger charge is 2.72. The summed E-state index contributed by atoms with van der Waals surface area (Å²) in [6.07, 6.45) is 0.258. The minimum Gasteiger partial charge on any atom is -0.463 e. The Morgan fingerprint density at radius 3 is 1.65 bits per heavy atom. The molecule has 1 aromatic heterocycles. The van der Waals surface area contributed by atoms with E-state index in [0.29, 0.717) is 6.54 Å². The van der Waals surface area contributed by atoms with Crippen LogP contribution in [-0.4, -0.2) is 71.4 Å². The second-order valence-corrected chi connectivity index (χ2v) is 18.4. The van der Waals surface area contributed by atoms with Gasteiger partial charge in [0.2, 0.25) is 5.79 Å². The summed E-state index contributed by atoms with van der Waals surface area (Å²) in [7, 11) is 0. The molecular formula is C52H45NO10. The van der Waals surface area contributed by atoms with Crippen LogP contribution in [0.1, 0.15) is 87.8 Å². The van der Waals surface area contributed by atoms with Crippen LogP contribution in [0.25, 0.3) is 86.4 Å². The third-order valence-electron chi connectivity index (χ3n) is 15.2. The first kappa shape index (κ1) is 37.5. The molecule has 9 aromatic rings. The molecule has 8 aromatic carbocycles. The van der Waals surface area contributed by atoms with E-state index in [1.165, 1.54) is 148 Å². The maximum Gasteiger partial charge on any atom is 0.303 e. The highest BCUT2D eigenvalue weighted by Crippen LogP contribution is 2.61. The lowest BCUT2D eigenvalue weighted by Crippen LogP contribution is -2.78. The number of ether oxygens (including phenoxy) is 6. The molecule has 0 amide bonds. The van der Waals surface area contributed by atoms with Crippen LogP contribution >= 0.6 is 0 Å². The van der Waals surface area contributed by atoms with Gasteiger partial charge in [0.1, 0.15) is 12.7 Å². The van der Waals surface area contributed by atoms with E-state index in [-0.39, 0.29) is 26.1 Å². The predicted molar refractivity (Wildman–Crippen MR) is 239 cm³/mol. The Labute approximate surface area is 360 Å². The molecule has 5 unspecified atom stereocenters. The van der Waals surface area contributed by atoms with Gasteiger partial charge in [-0.3, -0.25) is 19.2 Å². The quantitative estimate of drug-likeness (QED) is 0.0601. The fourth-order valence-electron chi connectivity index (χ4n) is 13.5. The molecule has 15 rings (SSSR count). The molecule has 6 aliphatic rings. The van der Waals surface area contributed by atoms with Crippen molar-refractivity contribution in [3.63, 3.8) is 0 Å². The Hall–Kier alpha value is -6.04. The number of fused-ring (bicyclic) bond motifs is 3. The number of carbonyl (C=O) groups is 4. The Morgan fingerprint density at radius 1 is 0.603 bits per heavy atom. The topological polar surface area (TPSA) is 129 Å². The van der Waals surface area contributed by atoms with Gasteiger partial charge in [-0.2, -0.15) is 0 Å². The minimum absolute atomic E-state index is 0.138. The smallest absolute Gasteiger partial charge is 0.303 e. The van der Waals surface area contributed by atoms with E-state index in [9.17, 15) is 19.2 Å². The number of aryl methyl sites for hydroxylation is 2. The zero-order valence-corrected chi connectivity index (χ0v) is 36.1. The standard InChI is InChI=1S/C50H39NO10.C2H6/c1-20(52)56-19-32-49(60-23(4)55)9-10-50(61-32,48(59-22(3)54)47(49)58-21(2)53)57-12-11-51-45-26-7-8-27-16-31-18-29-14-25-6-5-24-13-28-17-30(15-26)37-35(28)39-33(24)34(25)40-36(29)38(31)44(46(27)51)42(41(39)40)43(37)45;1-2/h5-6,13-16,32,47-48H,7-12,17-19H2,1-4H3;1-2H3. The van der Waals surface area contributed by atoms with E-state index < -0.39 is 53.6 Å². The highest BCUT2D eigenvalue weighted by atomic mass is 16.8. The van der Waals surface area contributed by atoms with Crippen LogP contribution < -0.4 is 0 Å². The van der Waals surface area contributed by atoms with Crippen LogP contribution in [0.15, 0.2) is 36.4 Å². The lowest BCUT2D eigenvalue weighted by atomic mass is 9.69. The van der Waals surface area contributed by atoms with Crippen molar-refractivity contribution in [2.24, 2.45) is 0 Å². The van der Waals surface area contributed by atoms with Crippen molar-refractivity contribution >= 4 is 110 Å². The Balaban J connectivity index is 0.00000198. The number of hydrogen-bond donors (Lipinski definition) is 0. The van der Waals surface area contributed by atoms with Crippen molar-refractivity contribution in [3.05, 3.63) is 69.8 Å². The van der Waals surface area contributed by atoms with Crippen LogP contribution in [0.3, 0.4) is 0 Å². The van der Waals surface area contributed by atoms with Crippen molar-refractivity contribution in [1.82, 2.24) is 4.57 Å². The summed E-state index contributed by atoms with van der Waals surface area (Å²) >= 11 is 0. The van der Waals surface area contributed by atoms with Crippen LogP contribution in [-0.2, 0) is 79.8 Å². The van der Waals surface area contributed by atoms with Crippen LogP contribution in [0.2, 0.25) is 0 Å². The number of hydrogen-bond acceptors (Lipinski definition) is 10. The molecule has 4 bridgehead atoms. The Kier molecular flexibility index (Phi) is 7.36. The summed E-state index contributed by atoms with van der Waals surface area (Å²) in [4.78, 5) is 50.4. The summed E-state index contributed by atoms with van der Waals surface area (Å²) in [5.41, 5.74) is 9.14. The average molecular weight is 844 g/mol. The fraction of sp³-hybridized carbons (Fsp3) is 0.385. The first-order chi connectivity index (χ1) is 30.5. The minimum atomic E-state index is -1.63. The molecule has 318 valence electrons. The molecule has 2 saturated heterocycles.